The summed E-state index contributed by atoms with van der Waals surface area (Å²) in [6.07, 6.45) is 2.52. The van der Waals surface area contributed by atoms with Gasteiger partial charge in [-0.05, 0) is 19.1 Å². The van der Waals surface area contributed by atoms with E-state index in [9.17, 15) is 4.79 Å². The molecule has 0 unspecified atom stereocenters. The molecule has 0 N–H and O–H groups in total. The highest BCUT2D eigenvalue weighted by Crippen LogP contribution is 2.27. The zero-order chi connectivity index (χ0) is 18.5. The number of carbonyl (C=O) groups is 1. The number of aromatic nitrogens is 2. The fourth-order valence-corrected chi connectivity index (χ4v) is 3.18. The van der Waals surface area contributed by atoms with Crippen molar-refractivity contribution in [3.63, 3.8) is 0 Å². The first kappa shape index (κ1) is 18.3. The van der Waals surface area contributed by atoms with Gasteiger partial charge in [-0.25, -0.2) is 4.98 Å². The predicted molar refractivity (Wildman–Crippen MR) is 96.2 cm³/mol. The minimum Gasteiger partial charge on any atom is -0.493 e. The van der Waals surface area contributed by atoms with Gasteiger partial charge >= 0.3 is 0 Å². The van der Waals surface area contributed by atoms with Crippen LogP contribution in [0.4, 0.5) is 0 Å². The lowest BCUT2D eigenvalue weighted by molar-refractivity contribution is -0.138. The predicted octanol–water partition coefficient (Wildman–Crippen LogP) is 1.80. The zero-order valence-corrected chi connectivity index (χ0v) is 15.5. The first-order chi connectivity index (χ1) is 12.6. The van der Waals surface area contributed by atoms with E-state index in [1.54, 1.807) is 30.5 Å². The summed E-state index contributed by atoms with van der Waals surface area (Å²) in [4.78, 5) is 19.1. The number of hydrogen-bond acceptors (Lipinski definition) is 5. The molecular weight excluding hydrogens is 334 g/mol. The van der Waals surface area contributed by atoms with Crippen LogP contribution in [0.1, 0.15) is 18.3 Å². The second-order valence-corrected chi connectivity index (χ2v) is 6.23. The number of amides is 1. The number of hydrogen-bond donors (Lipinski definition) is 0. The van der Waals surface area contributed by atoms with Gasteiger partial charge in [0, 0.05) is 25.8 Å². The lowest BCUT2D eigenvalue weighted by atomic mass is 10.0. The number of methoxy groups -OCH3 is 1. The van der Waals surface area contributed by atoms with Crippen LogP contribution in [0.3, 0.4) is 0 Å². The van der Waals surface area contributed by atoms with Gasteiger partial charge in [0.1, 0.15) is 0 Å². The summed E-state index contributed by atoms with van der Waals surface area (Å²) in [6, 6.07) is 7.28. The number of fused-ring (bicyclic) bond motifs is 1. The SMILES string of the molecule is CCOC[C@@H]1Cc2c(ncn2C)CN1C(=O)COc1ccccc1OC. The van der Waals surface area contributed by atoms with E-state index < -0.39 is 0 Å². The largest absolute Gasteiger partial charge is 0.493 e. The van der Waals surface area contributed by atoms with Crippen LogP contribution in [0, 0.1) is 0 Å². The molecule has 2 heterocycles. The van der Waals surface area contributed by atoms with E-state index >= 15 is 0 Å². The summed E-state index contributed by atoms with van der Waals surface area (Å²) >= 11 is 0. The molecule has 0 spiro atoms. The minimum absolute atomic E-state index is 0.0216. The summed E-state index contributed by atoms with van der Waals surface area (Å²) in [5.41, 5.74) is 2.09. The van der Waals surface area contributed by atoms with Gasteiger partial charge in [0.2, 0.25) is 0 Å². The van der Waals surface area contributed by atoms with Crippen LogP contribution < -0.4 is 9.47 Å². The number of aryl methyl sites for hydroxylation is 1. The van der Waals surface area contributed by atoms with Crippen LogP contribution in [0.5, 0.6) is 11.5 Å². The van der Waals surface area contributed by atoms with Crippen LogP contribution in [0.15, 0.2) is 30.6 Å². The average Bonchev–Trinajstić information content (AvgIpc) is 3.03. The molecule has 0 saturated heterocycles. The van der Waals surface area contributed by atoms with Crippen molar-refractivity contribution in [3.8, 4) is 11.5 Å². The molecule has 1 atom stereocenters. The molecule has 0 radical (unpaired) electrons. The normalized spacial score (nSPS) is 16.3. The number of nitrogens with zero attached hydrogens (tertiary/aromatic N) is 3. The summed E-state index contributed by atoms with van der Waals surface area (Å²) in [7, 11) is 3.56. The molecule has 3 rings (SSSR count). The smallest absolute Gasteiger partial charge is 0.261 e. The number of carbonyl (C=O) groups excluding carboxylic acids is 1. The van der Waals surface area contributed by atoms with Gasteiger partial charge in [-0.2, -0.15) is 0 Å². The van der Waals surface area contributed by atoms with Crippen molar-refractivity contribution in [1.29, 1.82) is 0 Å². The molecule has 1 aromatic carbocycles. The van der Waals surface area contributed by atoms with Crippen molar-refractivity contribution >= 4 is 5.91 Å². The molecule has 1 aromatic heterocycles. The first-order valence-corrected chi connectivity index (χ1v) is 8.76. The quantitative estimate of drug-likeness (QED) is 0.754. The molecule has 7 heteroatoms. The van der Waals surface area contributed by atoms with Gasteiger partial charge in [0.05, 0.1) is 38.3 Å². The van der Waals surface area contributed by atoms with E-state index in [2.05, 4.69) is 4.98 Å². The van der Waals surface area contributed by atoms with E-state index in [1.165, 1.54) is 0 Å². The van der Waals surface area contributed by atoms with Crippen molar-refractivity contribution < 1.29 is 19.0 Å². The average molecular weight is 359 g/mol. The Kier molecular flexibility index (Phi) is 5.78. The number of para-hydroxylation sites is 2. The van der Waals surface area contributed by atoms with E-state index in [0.717, 1.165) is 17.8 Å². The third-order valence-electron chi connectivity index (χ3n) is 4.59. The van der Waals surface area contributed by atoms with Crippen LogP contribution in [0.25, 0.3) is 0 Å². The molecule has 2 aromatic rings. The Morgan fingerprint density at radius 1 is 1.31 bits per heavy atom. The highest BCUT2D eigenvalue weighted by molar-refractivity contribution is 5.78. The lowest BCUT2D eigenvalue weighted by Crippen LogP contribution is -2.48. The fraction of sp³-hybridized carbons (Fsp3) is 0.474. The number of ether oxygens (including phenoxy) is 3. The molecule has 1 aliphatic heterocycles. The lowest BCUT2D eigenvalue weighted by Gasteiger charge is -2.35. The maximum absolute atomic E-state index is 12.8. The molecule has 0 bridgehead atoms. The van der Waals surface area contributed by atoms with Gasteiger partial charge in [-0.15, -0.1) is 0 Å². The Balaban J connectivity index is 1.71. The van der Waals surface area contributed by atoms with Gasteiger partial charge < -0.3 is 23.7 Å². The third-order valence-corrected chi connectivity index (χ3v) is 4.59. The Labute approximate surface area is 153 Å². The van der Waals surface area contributed by atoms with E-state index in [0.29, 0.717) is 31.3 Å². The summed E-state index contributed by atoms with van der Waals surface area (Å²) in [5.74, 6) is 1.08. The topological polar surface area (TPSA) is 65.8 Å². The number of rotatable bonds is 7. The summed E-state index contributed by atoms with van der Waals surface area (Å²) in [6.45, 7) is 3.50. The second kappa shape index (κ2) is 8.23. The zero-order valence-electron chi connectivity index (χ0n) is 15.5. The van der Waals surface area contributed by atoms with Crippen molar-refractivity contribution in [3.05, 3.63) is 42.0 Å². The highest BCUT2D eigenvalue weighted by atomic mass is 16.5. The van der Waals surface area contributed by atoms with Gasteiger partial charge in [0.15, 0.2) is 18.1 Å². The standard InChI is InChI=1S/C19H25N3O4/c1-4-25-11-14-9-16-15(20-13-21(16)2)10-22(14)19(23)12-26-18-8-6-5-7-17(18)24-3/h5-8,13-14H,4,9-12H2,1-3H3/t14-/m0/s1. The van der Waals surface area contributed by atoms with Crippen molar-refractivity contribution in [2.75, 3.05) is 26.9 Å². The van der Waals surface area contributed by atoms with Crippen molar-refractivity contribution in [1.82, 2.24) is 14.5 Å². The van der Waals surface area contributed by atoms with Crippen LogP contribution in [0.2, 0.25) is 0 Å². The Morgan fingerprint density at radius 3 is 2.81 bits per heavy atom. The second-order valence-electron chi connectivity index (χ2n) is 6.23. The summed E-state index contributed by atoms with van der Waals surface area (Å²) < 4.78 is 18.6. The fourth-order valence-electron chi connectivity index (χ4n) is 3.18. The monoisotopic (exact) mass is 359 g/mol. The van der Waals surface area contributed by atoms with Gasteiger partial charge in [-0.3, -0.25) is 4.79 Å². The Hall–Kier alpha value is -2.54. The van der Waals surface area contributed by atoms with E-state index in [-0.39, 0.29) is 18.6 Å². The Morgan fingerprint density at radius 2 is 2.08 bits per heavy atom. The Bertz CT molecular complexity index is 759. The first-order valence-electron chi connectivity index (χ1n) is 8.76. The van der Waals surface area contributed by atoms with Crippen LogP contribution in [-0.4, -0.2) is 53.3 Å². The summed E-state index contributed by atoms with van der Waals surface area (Å²) in [5, 5.41) is 0. The molecule has 26 heavy (non-hydrogen) atoms. The molecule has 0 aliphatic carbocycles. The molecule has 0 fully saturated rings. The van der Waals surface area contributed by atoms with E-state index in [1.807, 2.05) is 30.7 Å². The van der Waals surface area contributed by atoms with Crippen LogP contribution in [-0.2, 0) is 29.5 Å². The molecule has 140 valence electrons. The third kappa shape index (κ3) is 3.83. The van der Waals surface area contributed by atoms with Crippen LogP contribution >= 0.6 is 0 Å². The maximum Gasteiger partial charge on any atom is 0.261 e. The number of benzene rings is 1. The molecule has 1 amide bonds. The minimum atomic E-state index is -0.0862. The number of imidazole rings is 1. The molecule has 0 saturated carbocycles. The molecule has 1 aliphatic rings. The van der Waals surface area contributed by atoms with Crippen molar-refractivity contribution in [2.24, 2.45) is 7.05 Å². The van der Waals surface area contributed by atoms with E-state index in [4.69, 9.17) is 14.2 Å². The van der Waals surface area contributed by atoms with Gasteiger partial charge in [0.25, 0.3) is 5.91 Å². The maximum atomic E-state index is 12.8. The molecular formula is C19H25N3O4. The van der Waals surface area contributed by atoms with Crippen molar-refractivity contribution in [2.45, 2.75) is 25.9 Å². The molecule has 7 nitrogen and oxygen atoms in total. The highest BCUT2D eigenvalue weighted by Gasteiger charge is 2.32. The van der Waals surface area contributed by atoms with Gasteiger partial charge in [-0.1, -0.05) is 12.1 Å².